The minimum atomic E-state index is -0.506. The van der Waals surface area contributed by atoms with Gasteiger partial charge in [-0.2, -0.15) is 0 Å². The van der Waals surface area contributed by atoms with Crippen molar-refractivity contribution in [1.29, 1.82) is 0 Å². The van der Waals surface area contributed by atoms with Crippen molar-refractivity contribution in [3.63, 3.8) is 0 Å². The highest BCUT2D eigenvalue weighted by molar-refractivity contribution is 14.0. The number of rotatable bonds is 6. The Bertz CT molecular complexity index is 394. The maximum atomic E-state index is 11.4. The van der Waals surface area contributed by atoms with Crippen LogP contribution in [0.5, 0.6) is 0 Å². The van der Waals surface area contributed by atoms with E-state index >= 15 is 0 Å². The predicted molar refractivity (Wildman–Crippen MR) is 102 cm³/mol. The predicted octanol–water partition coefficient (Wildman–Crippen LogP) is 0.772. The number of aliphatic imine (C=N–C) groups is 1. The molecule has 2 amide bonds. The fraction of sp³-hybridized carbons (Fsp3) is 0.786. The van der Waals surface area contributed by atoms with Gasteiger partial charge in [-0.1, -0.05) is 0 Å². The van der Waals surface area contributed by atoms with E-state index in [-0.39, 0.29) is 29.9 Å². The van der Waals surface area contributed by atoms with Gasteiger partial charge < -0.3 is 25.6 Å². The summed E-state index contributed by atoms with van der Waals surface area (Å²) in [5, 5.41) is 8.70. The number of carbonyl (C=O) groups is 2. The molecule has 8 nitrogen and oxygen atoms in total. The Balaban J connectivity index is 0. The van der Waals surface area contributed by atoms with Crippen LogP contribution in [0.1, 0.15) is 27.2 Å². The fourth-order valence-corrected chi connectivity index (χ4v) is 1.39. The summed E-state index contributed by atoms with van der Waals surface area (Å²) in [4.78, 5) is 28.4. The second kappa shape index (κ2) is 12.2. The molecule has 0 aliphatic rings. The molecule has 0 aromatic heterocycles. The number of hydrogen-bond donors (Lipinski definition) is 3. The lowest BCUT2D eigenvalue weighted by atomic mass is 10.2. The molecule has 9 heteroatoms. The molecule has 0 fully saturated rings. The molecule has 0 saturated heterocycles. The number of carbonyl (C=O) groups excluding carboxylic acids is 2. The Morgan fingerprint density at radius 2 is 1.57 bits per heavy atom. The van der Waals surface area contributed by atoms with Gasteiger partial charge in [-0.3, -0.25) is 9.79 Å². The molecule has 0 aliphatic heterocycles. The van der Waals surface area contributed by atoms with Crippen molar-refractivity contribution in [2.75, 3.05) is 40.8 Å². The first kappa shape index (κ1) is 24.0. The zero-order valence-electron chi connectivity index (χ0n) is 14.9. The Kier molecular flexibility index (Phi) is 12.7. The standard InChI is InChI=1S/C14H29N5O3.HI/c1-14(2,3)22-13(21)18-10-9-17-12(15-4)16-8-7-11(20)19(5)6;/h7-10H2,1-6H3,(H,18,21)(H2,15,16,17);1H. The molecule has 0 aromatic rings. The lowest BCUT2D eigenvalue weighted by Crippen LogP contribution is -2.43. The number of nitrogens with one attached hydrogen (secondary N) is 3. The molecule has 0 heterocycles. The smallest absolute Gasteiger partial charge is 0.407 e. The molecule has 0 saturated carbocycles. The summed E-state index contributed by atoms with van der Waals surface area (Å²) in [6.07, 6.45) is -0.0574. The van der Waals surface area contributed by atoms with Crippen LogP contribution in [0.4, 0.5) is 4.79 Å². The van der Waals surface area contributed by atoms with Crippen molar-refractivity contribution in [1.82, 2.24) is 20.9 Å². The number of alkyl carbamates (subject to hydrolysis) is 1. The highest BCUT2D eigenvalue weighted by Gasteiger charge is 2.15. The molecule has 0 radical (unpaired) electrons. The zero-order valence-corrected chi connectivity index (χ0v) is 17.2. The number of hydrogen-bond acceptors (Lipinski definition) is 4. The molecule has 0 atom stereocenters. The van der Waals surface area contributed by atoms with E-state index < -0.39 is 11.7 Å². The van der Waals surface area contributed by atoms with Crippen LogP contribution in [0.3, 0.4) is 0 Å². The molecule has 0 spiro atoms. The topological polar surface area (TPSA) is 95.1 Å². The molecule has 0 unspecified atom stereocenters. The Hall–Kier alpha value is -1.26. The van der Waals surface area contributed by atoms with E-state index in [4.69, 9.17) is 4.74 Å². The highest BCUT2D eigenvalue weighted by atomic mass is 127. The van der Waals surface area contributed by atoms with Gasteiger partial charge in [-0.15, -0.1) is 24.0 Å². The maximum Gasteiger partial charge on any atom is 0.407 e. The van der Waals surface area contributed by atoms with Gasteiger partial charge in [0.1, 0.15) is 5.60 Å². The average Bonchev–Trinajstić information content (AvgIpc) is 2.39. The molecular weight excluding hydrogens is 413 g/mol. The largest absolute Gasteiger partial charge is 0.444 e. The van der Waals surface area contributed by atoms with Crippen LogP contribution in [0.2, 0.25) is 0 Å². The first-order chi connectivity index (χ1) is 10.2. The summed E-state index contributed by atoms with van der Waals surface area (Å²) in [6.45, 7) is 6.84. The first-order valence-electron chi connectivity index (χ1n) is 7.27. The minimum absolute atomic E-state index is 0. The summed E-state index contributed by atoms with van der Waals surface area (Å²) in [7, 11) is 5.08. The van der Waals surface area contributed by atoms with Crippen LogP contribution >= 0.6 is 24.0 Å². The summed E-state index contributed by atoms with van der Waals surface area (Å²) < 4.78 is 5.12. The number of nitrogens with zero attached hydrogens (tertiary/aromatic N) is 2. The van der Waals surface area contributed by atoms with Crippen LogP contribution in [0, 0.1) is 0 Å². The van der Waals surface area contributed by atoms with Crippen LogP contribution in [0.15, 0.2) is 4.99 Å². The molecule has 3 N–H and O–H groups in total. The molecule has 0 rings (SSSR count). The number of ether oxygens (including phenoxy) is 1. The summed E-state index contributed by atoms with van der Waals surface area (Å²) in [5.41, 5.74) is -0.506. The lowest BCUT2D eigenvalue weighted by molar-refractivity contribution is -0.128. The molecule has 0 bridgehead atoms. The van der Waals surface area contributed by atoms with Crippen LogP contribution in [0.25, 0.3) is 0 Å². The number of amides is 2. The Morgan fingerprint density at radius 3 is 2.04 bits per heavy atom. The minimum Gasteiger partial charge on any atom is -0.444 e. The van der Waals surface area contributed by atoms with Crippen molar-refractivity contribution >= 4 is 41.9 Å². The second-order valence-electron chi connectivity index (χ2n) is 5.89. The molecular formula is C14H30IN5O3. The van der Waals surface area contributed by atoms with Crippen molar-refractivity contribution in [3.8, 4) is 0 Å². The van der Waals surface area contributed by atoms with E-state index in [2.05, 4.69) is 20.9 Å². The van der Waals surface area contributed by atoms with Crippen molar-refractivity contribution in [2.45, 2.75) is 32.8 Å². The van der Waals surface area contributed by atoms with Crippen molar-refractivity contribution < 1.29 is 14.3 Å². The maximum absolute atomic E-state index is 11.4. The van der Waals surface area contributed by atoms with Gasteiger partial charge in [0.15, 0.2) is 5.96 Å². The monoisotopic (exact) mass is 443 g/mol. The first-order valence-corrected chi connectivity index (χ1v) is 7.27. The normalized spacial score (nSPS) is 11.1. The van der Waals surface area contributed by atoms with Crippen molar-refractivity contribution in [3.05, 3.63) is 0 Å². The Morgan fingerprint density at radius 1 is 1.04 bits per heavy atom. The molecule has 23 heavy (non-hydrogen) atoms. The van der Waals surface area contributed by atoms with Crippen molar-refractivity contribution in [2.24, 2.45) is 4.99 Å². The summed E-state index contributed by atoms with van der Waals surface area (Å²) in [6, 6.07) is 0. The summed E-state index contributed by atoms with van der Waals surface area (Å²) >= 11 is 0. The summed E-state index contributed by atoms with van der Waals surface area (Å²) in [5.74, 6) is 0.632. The van der Waals surface area contributed by atoms with Gasteiger partial charge >= 0.3 is 6.09 Å². The van der Waals surface area contributed by atoms with E-state index in [1.165, 1.54) is 0 Å². The SMILES string of the molecule is CN=C(NCCNC(=O)OC(C)(C)C)NCCC(=O)N(C)C.I. The van der Waals surface area contributed by atoms with Gasteiger partial charge in [0, 0.05) is 47.2 Å². The van der Waals surface area contributed by atoms with E-state index in [9.17, 15) is 9.59 Å². The average molecular weight is 443 g/mol. The third-order valence-corrected chi connectivity index (χ3v) is 2.44. The highest BCUT2D eigenvalue weighted by Crippen LogP contribution is 2.05. The molecule has 0 aromatic carbocycles. The van der Waals surface area contributed by atoms with E-state index in [1.807, 2.05) is 20.8 Å². The number of guanidine groups is 1. The fourth-order valence-electron chi connectivity index (χ4n) is 1.39. The van der Waals surface area contributed by atoms with Gasteiger partial charge in [0.25, 0.3) is 0 Å². The third-order valence-electron chi connectivity index (χ3n) is 2.44. The zero-order chi connectivity index (χ0) is 17.2. The molecule has 136 valence electrons. The van der Waals surface area contributed by atoms with E-state index in [0.29, 0.717) is 32.0 Å². The lowest BCUT2D eigenvalue weighted by Gasteiger charge is -2.20. The number of halogens is 1. The van der Waals surface area contributed by atoms with Gasteiger partial charge in [0.2, 0.25) is 5.91 Å². The van der Waals surface area contributed by atoms with Gasteiger partial charge in [0.05, 0.1) is 0 Å². The third kappa shape index (κ3) is 14.1. The Labute approximate surface area is 155 Å². The quantitative estimate of drug-likeness (QED) is 0.244. The van der Waals surface area contributed by atoms with Crippen LogP contribution < -0.4 is 16.0 Å². The van der Waals surface area contributed by atoms with Gasteiger partial charge in [-0.25, -0.2) is 4.79 Å². The second-order valence-corrected chi connectivity index (χ2v) is 5.89. The molecule has 0 aliphatic carbocycles. The van der Waals surface area contributed by atoms with Crippen LogP contribution in [-0.4, -0.2) is 69.2 Å². The van der Waals surface area contributed by atoms with E-state index in [1.54, 1.807) is 26.0 Å². The van der Waals surface area contributed by atoms with Gasteiger partial charge in [-0.05, 0) is 20.8 Å². The van der Waals surface area contributed by atoms with E-state index in [0.717, 1.165) is 0 Å². The van der Waals surface area contributed by atoms with Crippen LogP contribution in [-0.2, 0) is 9.53 Å².